The standard InChI is InChI=1S/C23H29N3O2/c1-28-22-12-6-5-11-21(22)25-16-14-24(15-17-25)20-10-7-13-26(18-20)23(27)19-8-3-2-4-9-19/h2-6,8-9,11-12,20H,7,10,13-18H2,1H3. The first-order chi connectivity index (χ1) is 13.8. The van der Waals surface area contributed by atoms with Gasteiger partial charge in [0.1, 0.15) is 5.75 Å². The summed E-state index contributed by atoms with van der Waals surface area (Å²) in [6.45, 7) is 5.73. The molecule has 0 aromatic heterocycles. The Morgan fingerprint density at radius 3 is 2.39 bits per heavy atom. The Kier molecular flexibility index (Phi) is 5.81. The van der Waals surface area contributed by atoms with Gasteiger partial charge in [-0.2, -0.15) is 0 Å². The lowest BCUT2D eigenvalue weighted by Crippen LogP contribution is -2.55. The summed E-state index contributed by atoms with van der Waals surface area (Å²) in [6, 6.07) is 18.4. The van der Waals surface area contributed by atoms with Gasteiger partial charge in [0.2, 0.25) is 0 Å². The highest BCUT2D eigenvalue weighted by Gasteiger charge is 2.30. The van der Waals surface area contributed by atoms with E-state index in [-0.39, 0.29) is 5.91 Å². The quantitative estimate of drug-likeness (QED) is 0.818. The smallest absolute Gasteiger partial charge is 0.253 e. The average Bonchev–Trinajstić information content (AvgIpc) is 2.79. The number of hydrogen-bond donors (Lipinski definition) is 0. The van der Waals surface area contributed by atoms with Crippen LogP contribution in [0.25, 0.3) is 0 Å². The second-order valence-corrected chi connectivity index (χ2v) is 7.61. The first-order valence-corrected chi connectivity index (χ1v) is 10.2. The van der Waals surface area contributed by atoms with E-state index < -0.39 is 0 Å². The van der Waals surface area contributed by atoms with Crippen molar-refractivity contribution in [1.29, 1.82) is 0 Å². The van der Waals surface area contributed by atoms with Gasteiger partial charge in [-0.05, 0) is 37.1 Å². The Balaban J connectivity index is 1.36. The normalized spacial score (nSPS) is 20.8. The lowest BCUT2D eigenvalue weighted by Gasteiger charge is -2.44. The molecule has 1 atom stereocenters. The molecule has 5 nitrogen and oxygen atoms in total. The highest BCUT2D eigenvalue weighted by Crippen LogP contribution is 2.29. The van der Waals surface area contributed by atoms with Gasteiger partial charge in [0.25, 0.3) is 5.91 Å². The van der Waals surface area contributed by atoms with E-state index in [0.717, 1.165) is 57.0 Å². The zero-order valence-corrected chi connectivity index (χ0v) is 16.6. The third kappa shape index (κ3) is 3.99. The molecule has 2 saturated heterocycles. The molecule has 0 N–H and O–H groups in total. The zero-order valence-electron chi connectivity index (χ0n) is 16.6. The average molecular weight is 380 g/mol. The van der Waals surface area contributed by atoms with Crippen LogP contribution in [0.2, 0.25) is 0 Å². The summed E-state index contributed by atoms with van der Waals surface area (Å²) in [7, 11) is 1.73. The highest BCUT2D eigenvalue weighted by molar-refractivity contribution is 5.94. The van der Waals surface area contributed by atoms with Crippen molar-refractivity contribution in [2.75, 3.05) is 51.3 Å². The van der Waals surface area contributed by atoms with Gasteiger partial charge in [0.05, 0.1) is 12.8 Å². The van der Waals surface area contributed by atoms with Crippen molar-refractivity contribution in [2.45, 2.75) is 18.9 Å². The Bertz CT molecular complexity index is 787. The van der Waals surface area contributed by atoms with E-state index in [9.17, 15) is 4.79 Å². The SMILES string of the molecule is COc1ccccc1N1CCN(C2CCCN(C(=O)c3ccccc3)C2)CC1. The molecular weight excluding hydrogens is 350 g/mol. The number of methoxy groups -OCH3 is 1. The molecule has 1 amide bonds. The summed E-state index contributed by atoms with van der Waals surface area (Å²) >= 11 is 0. The van der Waals surface area contributed by atoms with Crippen LogP contribution in [-0.4, -0.2) is 68.1 Å². The Labute approximate surface area is 167 Å². The maximum Gasteiger partial charge on any atom is 0.253 e. The van der Waals surface area contributed by atoms with Crippen LogP contribution in [0, 0.1) is 0 Å². The van der Waals surface area contributed by atoms with Crippen LogP contribution in [-0.2, 0) is 0 Å². The fraction of sp³-hybridized carbons (Fsp3) is 0.435. The molecule has 148 valence electrons. The van der Waals surface area contributed by atoms with E-state index in [1.807, 2.05) is 47.4 Å². The minimum Gasteiger partial charge on any atom is -0.495 e. The van der Waals surface area contributed by atoms with Crippen molar-refractivity contribution in [3.05, 3.63) is 60.2 Å². The maximum absolute atomic E-state index is 12.8. The van der Waals surface area contributed by atoms with Gasteiger partial charge in [-0.25, -0.2) is 0 Å². The summed E-state index contributed by atoms with van der Waals surface area (Å²) in [6.07, 6.45) is 2.25. The van der Waals surface area contributed by atoms with Crippen molar-refractivity contribution < 1.29 is 9.53 Å². The molecule has 2 aromatic rings. The topological polar surface area (TPSA) is 36.0 Å². The number of para-hydroxylation sites is 2. The van der Waals surface area contributed by atoms with E-state index >= 15 is 0 Å². The van der Waals surface area contributed by atoms with Crippen molar-refractivity contribution in [3.8, 4) is 5.75 Å². The first kappa shape index (κ1) is 18.8. The Morgan fingerprint density at radius 1 is 0.929 bits per heavy atom. The fourth-order valence-corrected chi connectivity index (χ4v) is 4.42. The summed E-state index contributed by atoms with van der Waals surface area (Å²) in [5, 5.41) is 0. The molecular formula is C23H29N3O2. The Morgan fingerprint density at radius 2 is 1.64 bits per heavy atom. The molecule has 0 spiro atoms. The van der Waals surface area contributed by atoms with Crippen molar-refractivity contribution >= 4 is 11.6 Å². The van der Waals surface area contributed by atoms with Gasteiger partial charge >= 0.3 is 0 Å². The van der Waals surface area contributed by atoms with Gasteiger partial charge in [-0.15, -0.1) is 0 Å². The number of ether oxygens (including phenoxy) is 1. The number of piperidine rings is 1. The third-order valence-corrected chi connectivity index (χ3v) is 5.96. The van der Waals surface area contributed by atoms with Crippen LogP contribution < -0.4 is 9.64 Å². The van der Waals surface area contributed by atoms with Crippen molar-refractivity contribution in [3.63, 3.8) is 0 Å². The molecule has 2 aliphatic heterocycles. The van der Waals surface area contributed by atoms with Crippen LogP contribution in [0.5, 0.6) is 5.75 Å². The zero-order chi connectivity index (χ0) is 19.3. The molecule has 1 unspecified atom stereocenters. The third-order valence-electron chi connectivity index (χ3n) is 5.96. The van der Waals surface area contributed by atoms with Gasteiger partial charge in [0.15, 0.2) is 0 Å². The number of piperazine rings is 1. The molecule has 2 aliphatic rings. The minimum absolute atomic E-state index is 0.165. The molecule has 2 aromatic carbocycles. The molecule has 2 fully saturated rings. The fourth-order valence-electron chi connectivity index (χ4n) is 4.42. The lowest BCUT2D eigenvalue weighted by molar-refractivity contribution is 0.0563. The van der Waals surface area contributed by atoms with Crippen LogP contribution in [0.1, 0.15) is 23.2 Å². The van der Waals surface area contributed by atoms with E-state index in [1.54, 1.807) is 7.11 Å². The number of rotatable bonds is 4. The molecule has 0 bridgehead atoms. The van der Waals surface area contributed by atoms with E-state index in [1.165, 1.54) is 12.1 Å². The van der Waals surface area contributed by atoms with Crippen molar-refractivity contribution in [2.24, 2.45) is 0 Å². The Hall–Kier alpha value is -2.53. The van der Waals surface area contributed by atoms with Gasteiger partial charge in [-0.1, -0.05) is 30.3 Å². The number of anilines is 1. The second-order valence-electron chi connectivity index (χ2n) is 7.61. The lowest BCUT2D eigenvalue weighted by atomic mass is 10.0. The van der Waals surface area contributed by atoms with Gasteiger partial charge in [0, 0.05) is 50.9 Å². The number of likely N-dealkylation sites (tertiary alicyclic amines) is 1. The predicted molar refractivity (Wildman–Crippen MR) is 112 cm³/mol. The van der Waals surface area contributed by atoms with Crippen LogP contribution in [0.15, 0.2) is 54.6 Å². The van der Waals surface area contributed by atoms with Crippen LogP contribution in [0.4, 0.5) is 5.69 Å². The number of benzene rings is 2. The van der Waals surface area contributed by atoms with Crippen LogP contribution in [0.3, 0.4) is 0 Å². The number of carbonyl (C=O) groups is 1. The molecule has 0 saturated carbocycles. The number of hydrogen-bond acceptors (Lipinski definition) is 4. The molecule has 2 heterocycles. The number of nitrogens with zero attached hydrogens (tertiary/aromatic N) is 3. The molecule has 0 aliphatic carbocycles. The number of carbonyl (C=O) groups excluding carboxylic acids is 1. The van der Waals surface area contributed by atoms with E-state index in [2.05, 4.69) is 21.9 Å². The molecule has 0 radical (unpaired) electrons. The van der Waals surface area contributed by atoms with Gasteiger partial charge < -0.3 is 14.5 Å². The van der Waals surface area contributed by atoms with E-state index in [4.69, 9.17) is 4.74 Å². The largest absolute Gasteiger partial charge is 0.495 e. The molecule has 5 heteroatoms. The summed E-state index contributed by atoms with van der Waals surface area (Å²) in [5.74, 6) is 1.10. The van der Waals surface area contributed by atoms with Crippen LogP contribution >= 0.6 is 0 Å². The second kappa shape index (κ2) is 8.65. The molecule has 28 heavy (non-hydrogen) atoms. The highest BCUT2D eigenvalue weighted by atomic mass is 16.5. The van der Waals surface area contributed by atoms with E-state index in [0.29, 0.717) is 6.04 Å². The summed E-state index contributed by atoms with van der Waals surface area (Å²) in [4.78, 5) is 19.8. The summed E-state index contributed by atoms with van der Waals surface area (Å²) in [5.41, 5.74) is 1.97. The molecule has 4 rings (SSSR count). The maximum atomic E-state index is 12.8. The van der Waals surface area contributed by atoms with Gasteiger partial charge in [-0.3, -0.25) is 9.69 Å². The first-order valence-electron chi connectivity index (χ1n) is 10.2. The summed E-state index contributed by atoms with van der Waals surface area (Å²) < 4.78 is 5.52. The number of amides is 1. The monoisotopic (exact) mass is 379 g/mol. The minimum atomic E-state index is 0.165. The van der Waals surface area contributed by atoms with Crippen molar-refractivity contribution in [1.82, 2.24) is 9.80 Å². The predicted octanol–water partition coefficient (Wildman–Crippen LogP) is 3.12.